The molecule has 0 atom stereocenters. The van der Waals surface area contributed by atoms with Gasteiger partial charge in [0, 0.05) is 6.07 Å². The number of hydrogen-bond acceptors (Lipinski definition) is 3. The molecule has 0 saturated heterocycles. The number of halogens is 3. The maximum atomic E-state index is 7.12. The Morgan fingerprint density at radius 3 is 2.00 bits per heavy atom. The van der Waals surface area contributed by atoms with Gasteiger partial charge < -0.3 is 14.2 Å². The highest BCUT2D eigenvalue weighted by Crippen LogP contribution is 2.33. The van der Waals surface area contributed by atoms with E-state index in [0.29, 0.717) is 28.2 Å². The Balaban J connectivity index is 1.56. The van der Waals surface area contributed by atoms with Gasteiger partial charge in [0.25, 0.3) is 0 Å². The number of rotatable bonds is 7. The Kier molecular flexibility index (Phi) is 5.45. The molecule has 6 heteroatoms. The summed E-state index contributed by atoms with van der Waals surface area (Å²) in [5.74, 6) is 1.03. The summed E-state index contributed by atoms with van der Waals surface area (Å²) in [5, 5.41) is 1.18. The third-order valence-corrected chi connectivity index (χ3v) is 4.63. The molecule has 0 radical (unpaired) electrons. The zero-order valence-electron chi connectivity index (χ0n) is 17.0. The number of hydrogen-bond donors (Lipinski definition) is 0. The van der Waals surface area contributed by atoms with Crippen molar-refractivity contribution in [3.63, 3.8) is 0 Å². The van der Waals surface area contributed by atoms with E-state index in [4.69, 9.17) is 53.1 Å². The first-order chi connectivity index (χ1) is 14.2. The lowest BCUT2D eigenvalue weighted by atomic mass is 10.1. The van der Waals surface area contributed by atoms with Crippen molar-refractivity contribution in [1.82, 2.24) is 0 Å². The monoisotopic (exact) mass is 425 g/mol. The number of para-hydroxylation sites is 1. The molecule has 0 saturated carbocycles. The van der Waals surface area contributed by atoms with Crippen LogP contribution in [0.4, 0.5) is 0 Å². The van der Waals surface area contributed by atoms with E-state index in [-0.39, 0.29) is 17.4 Å². The lowest BCUT2D eigenvalue weighted by molar-refractivity contribution is 0.302. The SMILES string of the molecule is [2H]C([2H])([2H])Oc1ccc(OCc2ccc(COc3c(Cl)cccc3Cl)cc2)c(Cl)c1. The first kappa shape index (κ1) is 15.9. The molecule has 0 aromatic heterocycles. The zero-order valence-corrected chi connectivity index (χ0v) is 16.3. The van der Waals surface area contributed by atoms with Gasteiger partial charge in [-0.3, -0.25) is 0 Å². The van der Waals surface area contributed by atoms with E-state index >= 15 is 0 Å². The van der Waals surface area contributed by atoms with Gasteiger partial charge in [-0.15, -0.1) is 0 Å². The van der Waals surface area contributed by atoms with Gasteiger partial charge in [0.15, 0.2) is 5.75 Å². The third-order valence-electron chi connectivity index (χ3n) is 3.74. The molecular weight excluding hydrogens is 407 g/mol. The van der Waals surface area contributed by atoms with Gasteiger partial charge in [-0.05, 0) is 35.4 Å². The summed E-state index contributed by atoms with van der Waals surface area (Å²) >= 11 is 18.4. The van der Waals surface area contributed by atoms with Gasteiger partial charge >= 0.3 is 0 Å². The van der Waals surface area contributed by atoms with Gasteiger partial charge in [0.1, 0.15) is 24.7 Å². The van der Waals surface area contributed by atoms with E-state index in [1.165, 1.54) is 12.1 Å². The van der Waals surface area contributed by atoms with Crippen molar-refractivity contribution in [3.8, 4) is 17.2 Å². The summed E-state index contributed by atoms with van der Waals surface area (Å²) in [4.78, 5) is 0. The van der Waals surface area contributed by atoms with Crippen LogP contribution in [0.5, 0.6) is 17.2 Å². The van der Waals surface area contributed by atoms with E-state index < -0.39 is 7.04 Å². The first-order valence-electron chi connectivity index (χ1n) is 9.47. The predicted octanol–water partition coefficient (Wildman–Crippen LogP) is 6.81. The molecule has 0 bridgehead atoms. The van der Waals surface area contributed by atoms with Gasteiger partial charge in [-0.25, -0.2) is 0 Å². The Bertz CT molecular complexity index is 988. The van der Waals surface area contributed by atoms with Crippen molar-refractivity contribution in [1.29, 1.82) is 0 Å². The maximum absolute atomic E-state index is 7.12. The van der Waals surface area contributed by atoms with Gasteiger partial charge in [0.05, 0.1) is 26.2 Å². The van der Waals surface area contributed by atoms with Crippen LogP contribution < -0.4 is 14.2 Å². The maximum Gasteiger partial charge on any atom is 0.156 e. The second-order valence-corrected chi connectivity index (χ2v) is 6.86. The normalized spacial score (nSPS) is 12.6. The van der Waals surface area contributed by atoms with Crippen LogP contribution in [0, 0.1) is 0 Å². The van der Waals surface area contributed by atoms with E-state index in [1.807, 2.05) is 24.3 Å². The second kappa shape index (κ2) is 9.23. The van der Waals surface area contributed by atoms with Crippen LogP contribution in [0.25, 0.3) is 0 Å². The summed E-state index contributed by atoms with van der Waals surface area (Å²) in [6, 6.07) is 17.3. The highest BCUT2D eigenvalue weighted by atomic mass is 35.5. The summed E-state index contributed by atoms with van der Waals surface area (Å²) in [6.45, 7) is 0.609. The van der Waals surface area contributed by atoms with Crippen LogP contribution in [0.3, 0.4) is 0 Å². The Morgan fingerprint density at radius 1 is 0.778 bits per heavy atom. The summed E-state index contributed by atoms with van der Waals surface area (Å²) in [7, 11) is -2.53. The first-order valence-corrected chi connectivity index (χ1v) is 9.11. The minimum Gasteiger partial charge on any atom is -0.497 e. The van der Waals surface area contributed by atoms with Crippen LogP contribution in [0.15, 0.2) is 60.7 Å². The molecule has 0 heterocycles. The molecule has 3 aromatic carbocycles. The fraction of sp³-hybridized carbons (Fsp3) is 0.143. The molecule has 3 nitrogen and oxygen atoms in total. The van der Waals surface area contributed by atoms with Crippen molar-refractivity contribution >= 4 is 34.8 Å². The second-order valence-electron chi connectivity index (χ2n) is 5.64. The van der Waals surface area contributed by atoms with Crippen LogP contribution in [0.1, 0.15) is 15.2 Å². The van der Waals surface area contributed by atoms with Gasteiger partial charge in [-0.2, -0.15) is 0 Å². The lowest BCUT2D eigenvalue weighted by Crippen LogP contribution is -1.99. The Morgan fingerprint density at radius 2 is 1.41 bits per heavy atom. The molecule has 0 unspecified atom stereocenters. The van der Waals surface area contributed by atoms with E-state index in [0.717, 1.165) is 11.1 Å². The minimum atomic E-state index is -2.53. The molecule has 0 aliphatic rings. The van der Waals surface area contributed by atoms with Crippen LogP contribution in [-0.2, 0) is 13.2 Å². The fourth-order valence-electron chi connectivity index (χ4n) is 2.33. The standard InChI is InChI=1S/C21H17Cl3O3/c1-25-16-9-10-20(19(24)11-16)26-12-14-5-7-15(8-6-14)13-27-21-17(22)3-2-4-18(21)23/h2-11H,12-13H2,1H3/i1D3. The Hall–Kier alpha value is -2.07. The zero-order chi connectivity index (χ0) is 21.7. The highest BCUT2D eigenvalue weighted by Gasteiger charge is 2.07. The number of ether oxygens (including phenoxy) is 3. The van der Waals surface area contributed by atoms with Crippen molar-refractivity contribution in [2.45, 2.75) is 13.2 Å². The van der Waals surface area contributed by atoms with Crippen LogP contribution in [-0.4, -0.2) is 7.04 Å². The molecule has 3 aromatic rings. The van der Waals surface area contributed by atoms with Crippen molar-refractivity contribution in [2.75, 3.05) is 7.04 Å². The molecule has 3 rings (SSSR count). The smallest absolute Gasteiger partial charge is 0.156 e. The molecule has 140 valence electrons. The quantitative estimate of drug-likeness (QED) is 0.415. The van der Waals surface area contributed by atoms with Crippen molar-refractivity contribution in [2.24, 2.45) is 0 Å². The van der Waals surface area contributed by atoms with E-state index in [9.17, 15) is 0 Å². The molecule has 27 heavy (non-hydrogen) atoms. The van der Waals surface area contributed by atoms with Gasteiger partial charge in [0.2, 0.25) is 0 Å². The van der Waals surface area contributed by atoms with Gasteiger partial charge in [-0.1, -0.05) is 65.1 Å². The molecular formula is C21H17Cl3O3. The molecule has 0 aliphatic carbocycles. The molecule has 0 N–H and O–H groups in total. The summed E-state index contributed by atoms with van der Waals surface area (Å²) in [6.07, 6.45) is 0. The average molecular weight is 427 g/mol. The molecule has 0 spiro atoms. The molecule has 0 amide bonds. The third kappa shape index (κ3) is 5.23. The summed E-state index contributed by atoms with van der Waals surface area (Å²) in [5.41, 5.74) is 1.87. The fourth-order valence-corrected chi connectivity index (χ4v) is 3.06. The topological polar surface area (TPSA) is 27.7 Å². The minimum absolute atomic E-state index is 0.148. The Labute approximate surface area is 177 Å². The number of benzene rings is 3. The summed E-state index contributed by atoms with van der Waals surface area (Å²) < 4.78 is 37.6. The van der Waals surface area contributed by atoms with Crippen LogP contribution in [0.2, 0.25) is 15.1 Å². The van der Waals surface area contributed by atoms with Crippen LogP contribution >= 0.6 is 34.8 Å². The average Bonchev–Trinajstić information content (AvgIpc) is 2.67. The number of methoxy groups -OCH3 is 1. The van der Waals surface area contributed by atoms with Crippen molar-refractivity contribution in [3.05, 3.63) is 86.9 Å². The molecule has 0 aliphatic heterocycles. The highest BCUT2D eigenvalue weighted by molar-refractivity contribution is 6.37. The largest absolute Gasteiger partial charge is 0.497 e. The van der Waals surface area contributed by atoms with E-state index in [1.54, 1.807) is 24.3 Å². The van der Waals surface area contributed by atoms with Crippen molar-refractivity contribution < 1.29 is 18.3 Å². The van der Waals surface area contributed by atoms with E-state index in [2.05, 4.69) is 0 Å². The lowest BCUT2D eigenvalue weighted by Gasteiger charge is -2.11. The molecule has 0 fully saturated rings. The predicted molar refractivity (Wildman–Crippen MR) is 110 cm³/mol.